The molecule has 0 bridgehead atoms. The number of fused-ring (bicyclic) bond motifs is 3. The summed E-state index contributed by atoms with van der Waals surface area (Å²) in [4.78, 5) is 24.7. The molecule has 0 unspecified atom stereocenters. The van der Waals surface area contributed by atoms with Crippen LogP contribution in [-0.2, 0) is 0 Å². The summed E-state index contributed by atoms with van der Waals surface area (Å²) in [5.74, 6) is -0.352. The minimum atomic E-state index is -0.176. The summed E-state index contributed by atoms with van der Waals surface area (Å²) in [5, 5.41) is 5.44. The van der Waals surface area contributed by atoms with E-state index in [1.807, 2.05) is 38.1 Å². The molecule has 1 aliphatic heterocycles. The third kappa shape index (κ3) is 2.18. The van der Waals surface area contributed by atoms with Gasteiger partial charge in [0.05, 0.1) is 6.67 Å². The van der Waals surface area contributed by atoms with Crippen LogP contribution < -0.4 is 10.6 Å². The molecule has 2 aromatic rings. The first-order valence-electron chi connectivity index (χ1n) is 6.85. The molecule has 0 fully saturated rings. The van der Waals surface area contributed by atoms with Crippen LogP contribution in [0.15, 0.2) is 36.4 Å². The van der Waals surface area contributed by atoms with Crippen molar-refractivity contribution < 1.29 is 9.59 Å². The normalized spacial score (nSPS) is 14.0. The van der Waals surface area contributed by atoms with Crippen molar-refractivity contribution >= 4 is 11.8 Å². The van der Waals surface area contributed by atoms with Gasteiger partial charge in [-0.2, -0.15) is 0 Å². The van der Waals surface area contributed by atoms with Gasteiger partial charge in [-0.1, -0.05) is 24.3 Å². The SMILES string of the molecule is Cc1cccc2c1-c1c(C)cccc1C(=O)NCNC2=O. The van der Waals surface area contributed by atoms with Crippen molar-refractivity contribution in [1.29, 1.82) is 0 Å². The van der Waals surface area contributed by atoms with E-state index in [9.17, 15) is 9.59 Å². The average molecular weight is 280 g/mol. The Morgan fingerprint density at radius 1 is 0.762 bits per heavy atom. The predicted molar refractivity (Wildman–Crippen MR) is 81.2 cm³/mol. The number of hydrogen-bond acceptors (Lipinski definition) is 2. The number of carbonyl (C=O) groups excluding carboxylic acids is 2. The number of rotatable bonds is 0. The lowest BCUT2D eigenvalue weighted by atomic mass is 9.88. The quantitative estimate of drug-likeness (QED) is 0.778. The Bertz CT molecular complexity index is 687. The van der Waals surface area contributed by atoms with Crippen LogP contribution in [0.1, 0.15) is 31.8 Å². The van der Waals surface area contributed by atoms with E-state index in [2.05, 4.69) is 10.6 Å². The van der Waals surface area contributed by atoms with E-state index >= 15 is 0 Å². The molecule has 1 aliphatic rings. The molecular weight excluding hydrogens is 264 g/mol. The summed E-state index contributed by atoms with van der Waals surface area (Å²) in [7, 11) is 0. The van der Waals surface area contributed by atoms with Gasteiger partial charge in [-0.05, 0) is 48.2 Å². The Kier molecular flexibility index (Phi) is 3.22. The highest BCUT2D eigenvalue weighted by atomic mass is 16.2. The first kappa shape index (κ1) is 13.4. The fourth-order valence-electron chi connectivity index (χ4n) is 2.77. The summed E-state index contributed by atoms with van der Waals surface area (Å²) >= 11 is 0. The van der Waals surface area contributed by atoms with Crippen LogP contribution in [-0.4, -0.2) is 18.5 Å². The van der Waals surface area contributed by atoms with E-state index in [1.54, 1.807) is 12.1 Å². The van der Waals surface area contributed by atoms with E-state index in [0.717, 1.165) is 22.3 Å². The third-order valence-electron chi connectivity index (χ3n) is 3.78. The minimum Gasteiger partial charge on any atom is -0.335 e. The molecule has 4 heteroatoms. The van der Waals surface area contributed by atoms with E-state index in [-0.39, 0.29) is 18.5 Å². The molecule has 2 N–H and O–H groups in total. The Morgan fingerprint density at radius 2 is 1.19 bits per heavy atom. The van der Waals surface area contributed by atoms with Crippen LogP contribution in [0.4, 0.5) is 0 Å². The number of amides is 2. The van der Waals surface area contributed by atoms with Crippen molar-refractivity contribution in [2.75, 3.05) is 6.67 Å². The molecule has 0 saturated carbocycles. The van der Waals surface area contributed by atoms with Gasteiger partial charge in [0.2, 0.25) is 0 Å². The average Bonchev–Trinajstić information content (AvgIpc) is 2.51. The molecular formula is C17H16N2O2. The van der Waals surface area contributed by atoms with Gasteiger partial charge in [-0.15, -0.1) is 0 Å². The maximum atomic E-state index is 12.3. The van der Waals surface area contributed by atoms with Gasteiger partial charge < -0.3 is 10.6 Å². The van der Waals surface area contributed by atoms with Crippen LogP contribution in [0.5, 0.6) is 0 Å². The maximum Gasteiger partial charge on any atom is 0.253 e. The lowest BCUT2D eigenvalue weighted by molar-refractivity contribution is 0.0923. The predicted octanol–water partition coefficient (Wildman–Crippen LogP) is 2.40. The molecule has 106 valence electrons. The van der Waals surface area contributed by atoms with Crippen LogP contribution >= 0.6 is 0 Å². The number of carbonyl (C=O) groups is 2. The second-order valence-electron chi connectivity index (χ2n) is 5.18. The smallest absolute Gasteiger partial charge is 0.253 e. The highest BCUT2D eigenvalue weighted by molar-refractivity contribution is 6.08. The first-order valence-corrected chi connectivity index (χ1v) is 6.85. The van der Waals surface area contributed by atoms with Crippen LogP contribution in [0.3, 0.4) is 0 Å². The van der Waals surface area contributed by atoms with Crippen molar-refractivity contribution in [3.63, 3.8) is 0 Å². The Morgan fingerprint density at radius 3 is 1.62 bits per heavy atom. The molecule has 0 aliphatic carbocycles. The lowest BCUT2D eigenvalue weighted by Crippen LogP contribution is -2.36. The molecule has 2 aromatic carbocycles. The highest BCUT2D eigenvalue weighted by Gasteiger charge is 2.23. The molecule has 0 saturated heterocycles. The zero-order valence-electron chi connectivity index (χ0n) is 12.0. The van der Waals surface area contributed by atoms with Gasteiger partial charge in [0.25, 0.3) is 11.8 Å². The Labute approximate surface area is 123 Å². The number of hydrogen-bond donors (Lipinski definition) is 2. The van der Waals surface area contributed by atoms with Gasteiger partial charge >= 0.3 is 0 Å². The van der Waals surface area contributed by atoms with E-state index in [1.165, 1.54) is 0 Å². The first-order chi connectivity index (χ1) is 10.1. The summed E-state index contributed by atoms with van der Waals surface area (Å²) < 4.78 is 0. The van der Waals surface area contributed by atoms with E-state index < -0.39 is 0 Å². The van der Waals surface area contributed by atoms with Crippen LogP contribution in [0.25, 0.3) is 11.1 Å². The largest absolute Gasteiger partial charge is 0.335 e. The molecule has 0 radical (unpaired) electrons. The van der Waals surface area contributed by atoms with Crippen molar-refractivity contribution in [2.45, 2.75) is 13.8 Å². The Balaban J connectivity index is 2.41. The van der Waals surface area contributed by atoms with Gasteiger partial charge in [-0.3, -0.25) is 9.59 Å². The van der Waals surface area contributed by atoms with Crippen molar-refractivity contribution in [1.82, 2.24) is 10.6 Å². The topological polar surface area (TPSA) is 58.2 Å². The van der Waals surface area contributed by atoms with Gasteiger partial charge in [0.15, 0.2) is 0 Å². The zero-order chi connectivity index (χ0) is 15.0. The lowest BCUT2D eigenvalue weighted by Gasteiger charge is -2.16. The number of nitrogens with one attached hydrogen (secondary N) is 2. The van der Waals surface area contributed by atoms with Gasteiger partial charge in [-0.25, -0.2) is 0 Å². The molecule has 0 spiro atoms. The molecule has 0 aromatic heterocycles. The Hall–Kier alpha value is -2.62. The molecule has 21 heavy (non-hydrogen) atoms. The molecule has 0 atom stereocenters. The zero-order valence-corrected chi connectivity index (χ0v) is 12.0. The fourth-order valence-corrected chi connectivity index (χ4v) is 2.77. The van der Waals surface area contributed by atoms with E-state index in [0.29, 0.717) is 11.1 Å². The second-order valence-corrected chi connectivity index (χ2v) is 5.18. The second kappa shape index (κ2) is 5.05. The summed E-state index contributed by atoms with van der Waals surface area (Å²) in [6, 6.07) is 11.2. The van der Waals surface area contributed by atoms with Crippen molar-refractivity contribution in [3.05, 3.63) is 58.7 Å². The van der Waals surface area contributed by atoms with Crippen molar-refractivity contribution in [2.24, 2.45) is 0 Å². The third-order valence-corrected chi connectivity index (χ3v) is 3.78. The van der Waals surface area contributed by atoms with Crippen molar-refractivity contribution in [3.8, 4) is 11.1 Å². The van der Waals surface area contributed by atoms with Gasteiger partial charge in [0, 0.05) is 11.1 Å². The minimum absolute atomic E-state index is 0.123. The van der Waals surface area contributed by atoms with Crippen LogP contribution in [0.2, 0.25) is 0 Å². The summed E-state index contributed by atoms with van der Waals surface area (Å²) in [6.07, 6.45) is 0. The molecule has 3 rings (SSSR count). The van der Waals surface area contributed by atoms with Crippen LogP contribution in [0, 0.1) is 13.8 Å². The van der Waals surface area contributed by atoms with Gasteiger partial charge in [0.1, 0.15) is 0 Å². The molecule has 1 heterocycles. The number of benzene rings is 2. The number of aryl methyl sites for hydroxylation is 2. The molecule has 4 nitrogen and oxygen atoms in total. The monoisotopic (exact) mass is 280 g/mol. The summed E-state index contributed by atoms with van der Waals surface area (Å²) in [6.45, 7) is 4.04. The molecule has 2 amide bonds. The maximum absolute atomic E-state index is 12.3. The standard InChI is InChI=1S/C17H16N2O2/c1-10-5-3-7-12-14(10)15-11(2)6-4-8-13(15)17(21)19-9-18-16(12)20/h3-8H,9H2,1-2H3,(H,18,20)(H,19,21). The van der Waals surface area contributed by atoms with E-state index in [4.69, 9.17) is 0 Å². The highest BCUT2D eigenvalue weighted by Crippen LogP contribution is 2.33. The summed E-state index contributed by atoms with van der Waals surface area (Å²) in [5.41, 5.74) is 4.82. The fraction of sp³-hybridized carbons (Fsp3) is 0.176.